The van der Waals surface area contributed by atoms with Crippen LogP contribution in [0.4, 0.5) is 0 Å². The molecule has 2 aliphatic heterocycles. The summed E-state index contributed by atoms with van der Waals surface area (Å²) >= 11 is 0. The summed E-state index contributed by atoms with van der Waals surface area (Å²) in [5.74, 6) is -0.194. The molecule has 2 aromatic rings. The average Bonchev–Trinajstić information content (AvgIpc) is 2.98. The van der Waals surface area contributed by atoms with Gasteiger partial charge in [0.05, 0.1) is 19.0 Å². The first-order chi connectivity index (χ1) is 12.6. The molecule has 0 spiro atoms. The Morgan fingerprint density at radius 2 is 2.04 bits per heavy atom. The molecule has 132 valence electrons. The maximum atomic E-state index is 12.7. The highest BCUT2D eigenvalue weighted by molar-refractivity contribution is 6.05. The van der Waals surface area contributed by atoms with Crippen molar-refractivity contribution in [2.24, 2.45) is 0 Å². The SMILES string of the molecule is COc1ccc(-c2ccc3c(c2)CN(C2CCC(=O)NC2=O)C3=O)nc1. The molecule has 1 N–H and O–H groups in total. The lowest BCUT2D eigenvalue weighted by Gasteiger charge is -2.29. The molecule has 0 aliphatic carbocycles. The summed E-state index contributed by atoms with van der Waals surface area (Å²) in [6, 6.07) is 8.62. The number of carbonyl (C=O) groups excluding carboxylic acids is 3. The smallest absolute Gasteiger partial charge is 0.255 e. The molecular formula is C19H17N3O4. The van der Waals surface area contributed by atoms with Gasteiger partial charge in [-0.1, -0.05) is 6.07 Å². The van der Waals surface area contributed by atoms with Gasteiger partial charge in [-0.3, -0.25) is 24.7 Å². The second kappa shape index (κ2) is 6.25. The van der Waals surface area contributed by atoms with Crippen LogP contribution >= 0.6 is 0 Å². The summed E-state index contributed by atoms with van der Waals surface area (Å²) in [6.45, 7) is 0.352. The van der Waals surface area contributed by atoms with Crippen molar-refractivity contribution in [3.8, 4) is 17.0 Å². The van der Waals surface area contributed by atoms with Crippen LogP contribution in [-0.4, -0.2) is 40.8 Å². The third-order valence-electron chi connectivity index (χ3n) is 4.79. The van der Waals surface area contributed by atoms with Gasteiger partial charge in [0.15, 0.2) is 0 Å². The van der Waals surface area contributed by atoms with Gasteiger partial charge in [-0.15, -0.1) is 0 Å². The van der Waals surface area contributed by atoms with Gasteiger partial charge >= 0.3 is 0 Å². The van der Waals surface area contributed by atoms with Crippen molar-refractivity contribution in [1.29, 1.82) is 0 Å². The molecule has 26 heavy (non-hydrogen) atoms. The van der Waals surface area contributed by atoms with Gasteiger partial charge in [-0.2, -0.15) is 0 Å². The molecule has 7 nitrogen and oxygen atoms in total. The van der Waals surface area contributed by atoms with Crippen LogP contribution in [0.1, 0.15) is 28.8 Å². The number of pyridine rings is 1. The highest BCUT2D eigenvalue weighted by Gasteiger charge is 2.39. The third kappa shape index (κ3) is 2.71. The number of nitrogens with zero attached hydrogens (tertiary/aromatic N) is 2. The fourth-order valence-electron chi connectivity index (χ4n) is 3.41. The van der Waals surface area contributed by atoms with E-state index in [-0.39, 0.29) is 18.2 Å². The lowest BCUT2D eigenvalue weighted by atomic mass is 10.0. The van der Waals surface area contributed by atoms with Crippen molar-refractivity contribution >= 4 is 17.7 Å². The van der Waals surface area contributed by atoms with Crippen molar-refractivity contribution in [2.75, 3.05) is 7.11 Å². The van der Waals surface area contributed by atoms with E-state index in [0.717, 1.165) is 16.8 Å². The fraction of sp³-hybridized carbons (Fsp3) is 0.263. The zero-order valence-corrected chi connectivity index (χ0v) is 14.2. The Hall–Kier alpha value is -3.22. The van der Waals surface area contributed by atoms with E-state index in [0.29, 0.717) is 24.3 Å². The molecule has 0 radical (unpaired) electrons. The number of carbonyl (C=O) groups is 3. The number of nitrogens with one attached hydrogen (secondary N) is 1. The van der Waals surface area contributed by atoms with E-state index in [2.05, 4.69) is 10.3 Å². The number of benzene rings is 1. The molecule has 1 fully saturated rings. The van der Waals surface area contributed by atoms with Crippen molar-refractivity contribution in [2.45, 2.75) is 25.4 Å². The number of rotatable bonds is 3. The van der Waals surface area contributed by atoms with Crippen molar-refractivity contribution in [3.05, 3.63) is 47.7 Å². The highest BCUT2D eigenvalue weighted by atomic mass is 16.5. The Morgan fingerprint density at radius 1 is 1.19 bits per heavy atom. The van der Waals surface area contributed by atoms with Crippen molar-refractivity contribution in [3.63, 3.8) is 0 Å². The number of methoxy groups -OCH3 is 1. The standard InChI is InChI=1S/C19H17N3O4/c1-26-13-3-5-15(20-9-13)11-2-4-14-12(8-11)10-22(19(14)25)16-6-7-17(23)21-18(16)24/h2-5,8-9,16H,6-7,10H2,1H3,(H,21,23,24). The predicted molar refractivity (Wildman–Crippen MR) is 92.3 cm³/mol. The lowest BCUT2D eigenvalue weighted by molar-refractivity contribution is -0.136. The molecule has 1 saturated heterocycles. The topological polar surface area (TPSA) is 88.6 Å². The predicted octanol–water partition coefficient (Wildman–Crippen LogP) is 1.52. The number of hydrogen-bond donors (Lipinski definition) is 1. The summed E-state index contributed by atoms with van der Waals surface area (Å²) in [6.07, 6.45) is 2.25. The maximum Gasteiger partial charge on any atom is 0.255 e. The van der Waals surface area contributed by atoms with Crippen LogP contribution < -0.4 is 10.1 Å². The minimum absolute atomic E-state index is 0.177. The number of fused-ring (bicyclic) bond motifs is 1. The Labute approximate surface area is 150 Å². The lowest BCUT2D eigenvalue weighted by Crippen LogP contribution is -2.52. The van der Waals surface area contributed by atoms with E-state index in [9.17, 15) is 14.4 Å². The molecule has 1 aromatic carbocycles. The molecule has 1 unspecified atom stereocenters. The quantitative estimate of drug-likeness (QED) is 0.847. The summed E-state index contributed by atoms with van der Waals surface area (Å²) in [5, 5.41) is 2.31. The molecule has 1 atom stereocenters. The minimum atomic E-state index is -0.602. The molecule has 4 rings (SSSR count). The van der Waals surface area contributed by atoms with Gasteiger partial charge in [0.2, 0.25) is 11.8 Å². The third-order valence-corrected chi connectivity index (χ3v) is 4.79. The van der Waals surface area contributed by atoms with Crippen LogP contribution in [0.25, 0.3) is 11.3 Å². The first-order valence-corrected chi connectivity index (χ1v) is 8.35. The maximum absolute atomic E-state index is 12.7. The molecule has 0 saturated carbocycles. The van der Waals surface area contributed by atoms with Gasteiger partial charge in [-0.25, -0.2) is 0 Å². The number of amides is 3. The van der Waals surface area contributed by atoms with Gasteiger partial charge in [0, 0.05) is 24.1 Å². The van der Waals surface area contributed by atoms with Gasteiger partial charge in [0.1, 0.15) is 11.8 Å². The second-order valence-corrected chi connectivity index (χ2v) is 6.36. The molecular weight excluding hydrogens is 334 g/mol. The fourth-order valence-corrected chi connectivity index (χ4v) is 3.41. The molecule has 1 aromatic heterocycles. The normalized spacial score (nSPS) is 19.3. The second-order valence-electron chi connectivity index (χ2n) is 6.36. The Bertz CT molecular complexity index is 908. The summed E-state index contributed by atoms with van der Waals surface area (Å²) in [7, 11) is 1.58. The van der Waals surface area contributed by atoms with E-state index < -0.39 is 11.9 Å². The van der Waals surface area contributed by atoms with Crippen LogP contribution in [-0.2, 0) is 16.1 Å². The number of ether oxygens (including phenoxy) is 1. The highest BCUT2D eigenvalue weighted by Crippen LogP contribution is 2.30. The van der Waals surface area contributed by atoms with E-state index in [1.165, 1.54) is 4.90 Å². The Balaban J connectivity index is 1.60. The van der Waals surface area contributed by atoms with Crippen LogP contribution in [0.15, 0.2) is 36.5 Å². The van der Waals surface area contributed by atoms with Crippen LogP contribution in [0.5, 0.6) is 5.75 Å². The molecule has 2 aliphatic rings. The minimum Gasteiger partial charge on any atom is -0.495 e. The first kappa shape index (κ1) is 16.3. The summed E-state index contributed by atoms with van der Waals surface area (Å²) < 4.78 is 5.12. The van der Waals surface area contributed by atoms with Gasteiger partial charge in [0.25, 0.3) is 5.91 Å². The summed E-state index contributed by atoms with van der Waals surface area (Å²) in [4.78, 5) is 42.0. The zero-order chi connectivity index (χ0) is 18.3. The largest absolute Gasteiger partial charge is 0.495 e. The number of imide groups is 1. The average molecular weight is 351 g/mol. The Kier molecular flexibility index (Phi) is 3.91. The number of aromatic nitrogens is 1. The number of hydrogen-bond acceptors (Lipinski definition) is 5. The first-order valence-electron chi connectivity index (χ1n) is 8.35. The van der Waals surface area contributed by atoms with E-state index in [1.807, 2.05) is 24.3 Å². The van der Waals surface area contributed by atoms with Crippen LogP contribution in [0.2, 0.25) is 0 Å². The van der Waals surface area contributed by atoms with Crippen molar-refractivity contribution in [1.82, 2.24) is 15.2 Å². The Morgan fingerprint density at radius 3 is 2.73 bits per heavy atom. The van der Waals surface area contributed by atoms with E-state index in [4.69, 9.17) is 4.74 Å². The zero-order valence-electron chi connectivity index (χ0n) is 14.2. The molecule has 7 heteroatoms. The molecule has 0 bridgehead atoms. The van der Waals surface area contributed by atoms with Crippen LogP contribution in [0, 0.1) is 0 Å². The van der Waals surface area contributed by atoms with Gasteiger partial charge in [-0.05, 0) is 36.2 Å². The molecule has 3 heterocycles. The van der Waals surface area contributed by atoms with Crippen LogP contribution in [0.3, 0.4) is 0 Å². The number of piperidine rings is 1. The van der Waals surface area contributed by atoms with Crippen molar-refractivity contribution < 1.29 is 19.1 Å². The molecule has 3 amide bonds. The van der Waals surface area contributed by atoms with E-state index >= 15 is 0 Å². The van der Waals surface area contributed by atoms with Gasteiger partial charge < -0.3 is 9.64 Å². The van der Waals surface area contributed by atoms with E-state index in [1.54, 1.807) is 19.4 Å². The monoisotopic (exact) mass is 351 g/mol. The summed E-state index contributed by atoms with van der Waals surface area (Å²) in [5.41, 5.74) is 3.12.